The average Bonchev–Trinajstić information content (AvgIpc) is 2.46. The van der Waals surface area contributed by atoms with Crippen LogP contribution in [0.2, 0.25) is 15.1 Å². The van der Waals surface area contributed by atoms with Crippen LogP contribution in [0.4, 0.5) is 5.69 Å². The van der Waals surface area contributed by atoms with Gasteiger partial charge < -0.3 is 10.1 Å². The minimum absolute atomic E-state index is 0.0616. The number of methoxy groups -OCH3 is 1. The zero-order valence-corrected chi connectivity index (χ0v) is 13.4. The molecule has 0 bridgehead atoms. The predicted octanol–water partition coefficient (Wildman–Crippen LogP) is 4.95. The van der Waals surface area contributed by atoms with Crippen molar-refractivity contribution >= 4 is 46.3 Å². The summed E-state index contributed by atoms with van der Waals surface area (Å²) < 4.78 is 5.05. The molecule has 2 rings (SSSR count). The molecular formula is C15H12Cl3NO2. The standard InChI is InChI=1S/C15H12Cl3NO2/c1-21-14-6-5-9(7-12(14)18)13(20)8-19-15-10(16)3-2-4-11(15)17/h2-7,19H,8H2,1H3. The fraction of sp³-hybridized carbons (Fsp3) is 0.133. The Bertz CT molecular complexity index is 654. The molecule has 0 amide bonds. The van der Waals surface area contributed by atoms with E-state index in [1.807, 2.05) is 0 Å². The van der Waals surface area contributed by atoms with Crippen LogP contribution in [-0.4, -0.2) is 19.4 Å². The van der Waals surface area contributed by atoms with Gasteiger partial charge in [0.2, 0.25) is 0 Å². The molecule has 3 nitrogen and oxygen atoms in total. The van der Waals surface area contributed by atoms with Crippen LogP contribution in [-0.2, 0) is 0 Å². The highest BCUT2D eigenvalue weighted by atomic mass is 35.5. The number of rotatable bonds is 5. The van der Waals surface area contributed by atoms with Crippen molar-refractivity contribution in [3.63, 3.8) is 0 Å². The number of halogens is 3. The van der Waals surface area contributed by atoms with Crippen LogP contribution in [0.15, 0.2) is 36.4 Å². The van der Waals surface area contributed by atoms with Gasteiger partial charge >= 0.3 is 0 Å². The number of Topliss-reactive ketones (excluding diaryl/α,β-unsaturated/α-hetero) is 1. The highest BCUT2D eigenvalue weighted by molar-refractivity contribution is 6.39. The third-order valence-electron chi connectivity index (χ3n) is 2.86. The molecule has 0 saturated heterocycles. The van der Waals surface area contributed by atoms with Gasteiger partial charge in [0, 0.05) is 5.56 Å². The van der Waals surface area contributed by atoms with Crippen molar-refractivity contribution in [1.82, 2.24) is 0 Å². The summed E-state index contributed by atoms with van der Waals surface area (Å²) in [4.78, 5) is 12.1. The van der Waals surface area contributed by atoms with Crippen LogP contribution in [0.25, 0.3) is 0 Å². The number of nitrogens with one attached hydrogen (secondary N) is 1. The number of ketones is 1. The van der Waals surface area contributed by atoms with Crippen LogP contribution >= 0.6 is 34.8 Å². The monoisotopic (exact) mass is 343 g/mol. The Morgan fingerprint density at radius 2 is 1.76 bits per heavy atom. The maximum Gasteiger partial charge on any atom is 0.181 e. The third kappa shape index (κ3) is 3.82. The number of carbonyl (C=O) groups is 1. The molecule has 0 aromatic heterocycles. The summed E-state index contributed by atoms with van der Waals surface area (Å²) in [6, 6.07) is 10.0. The summed E-state index contributed by atoms with van der Waals surface area (Å²) in [6.07, 6.45) is 0. The minimum Gasteiger partial charge on any atom is -0.495 e. The first kappa shape index (κ1) is 16.0. The Morgan fingerprint density at radius 3 is 2.33 bits per heavy atom. The average molecular weight is 345 g/mol. The van der Waals surface area contributed by atoms with Gasteiger partial charge in [-0.05, 0) is 30.3 Å². The molecule has 0 aliphatic heterocycles. The Balaban J connectivity index is 2.10. The second-order valence-corrected chi connectivity index (χ2v) is 5.44. The van der Waals surface area contributed by atoms with Gasteiger partial charge in [0.25, 0.3) is 0 Å². The quantitative estimate of drug-likeness (QED) is 0.780. The summed E-state index contributed by atoms with van der Waals surface area (Å²) in [5.74, 6) is 0.394. The van der Waals surface area contributed by atoms with Crippen molar-refractivity contribution in [3.05, 3.63) is 57.0 Å². The fourth-order valence-corrected chi connectivity index (χ4v) is 2.57. The van der Waals surface area contributed by atoms with Gasteiger partial charge in [-0.1, -0.05) is 40.9 Å². The highest BCUT2D eigenvalue weighted by Crippen LogP contribution is 2.30. The van der Waals surface area contributed by atoms with Gasteiger partial charge in [-0.2, -0.15) is 0 Å². The van der Waals surface area contributed by atoms with Gasteiger partial charge in [-0.3, -0.25) is 4.79 Å². The van der Waals surface area contributed by atoms with E-state index in [1.165, 1.54) is 7.11 Å². The Labute approximate surface area is 137 Å². The van der Waals surface area contributed by atoms with Gasteiger partial charge in [-0.25, -0.2) is 0 Å². The molecule has 0 saturated carbocycles. The molecule has 0 aliphatic carbocycles. The van der Waals surface area contributed by atoms with Gasteiger partial charge in [0.05, 0.1) is 34.4 Å². The van der Waals surface area contributed by atoms with E-state index in [-0.39, 0.29) is 12.3 Å². The maximum atomic E-state index is 12.1. The lowest BCUT2D eigenvalue weighted by Gasteiger charge is -2.10. The molecule has 0 atom stereocenters. The predicted molar refractivity (Wildman–Crippen MR) is 87.3 cm³/mol. The second-order valence-electron chi connectivity index (χ2n) is 4.22. The number of hydrogen-bond acceptors (Lipinski definition) is 3. The van der Waals surface area contributed by atoms with Gasteiger partial charge in [-0.15, -0.1) is 0 Å². The van der Waals surface area contributed by atoms with Crippen molar-refractivity contribution in [2.75, 3.05) is 19.0 Å². The van der Waals surface area contributed by atoms with E-state index in [0.717, 1.165) is 0 Å². The zero-order chi connectivity index (χ0) is 15.4. The van der Waals surface area contributed by atoms with E-state index in [1.54, 1.807) is 36.4 Å². The number of benzene rings is 2. The molecule has 0 spiro atoms. The van der Waals surface area contributed by atoms with E-state index >= 15 is 0 Å². The third-order valence-corrected chi connectivity index (χ3v) is 3.79. The van der Waals surface area contributed by atoms with Gasteiger partial charge in [0.1, 0.15) is 5.75 Å². The first-order valence-electron chi connectivity index (χ1n) is 6.07. The first-order chi connectivity index (χ1) is 10.0. The molecular weight excluding hydrogens is 333 g/mol. The van der Waals surface area contributed by atoms with Crippen molar-refractivity contribution < 1.29 is 9.53 Å². The smallest absolute Gasteiger partial charge is 0.181 e. The normalized spacial score (nSPS) is 10.3. The lowest BCUT2D eigenvalue weighted by molar-refractivity contribution is 0.101. The summed E-state index contributed by atoms with van der Waals surface area (Å²) in [7, 11) is 1.52. The largest absolute Gasteiger partial charge is 0.495 e. The van der Waals surface area contributed by atoms with E-state index in [2.05, 4.69) is 5.32 Å². The lowest BCUT2D eigenvalue weighted by Crippen LogP contribution is -2.14. The topological polar surface area (TPSA) is 38.3 Å². The van der Waals surface area contributed by atoms with E-state index < -0.39 is 0 Å². The molecule has 110 valence electrons. The second kappa shape index (κ2) is 7.03. The first-order valence-corrected chi connectivity index (χ1v) is 7.21. The molecule has 0 unspecified atom stereocenters. The molecule has 0 aliphatic rings. The fourth-order valence-electron chi connectivity index (χ4n) is 1.78. The molecule has 0 fully saturated rings. The molecule has 2 aromatic rings. The number of hydrogen-bond donors (Lipinski definition) is 1. The van der Waals surface area contributed by atoms with Crippen molar-refractivity contribution in [2.24, 2.45) is 0 Å². The number of carbonyl (C=O) groups excluding carboxylic acids is 1. The summed E-state index contributed by atoms with van der Waals surface area (Å²) in [5, 5.41) is 4.25. The molecule has 2 aromatic carbocycles. The zero-order valence-electron chi connectivity index (χ0n) is 11.1. The summed E-state index contributed by atoms with van der Waals surface area (Å²) in [6.45, 7) is 0.0616. The Morgan fingerprint density at radius 1 is 1.10 bits per heavy atom. The minimum atomic E-state index is -0.129. The molecule has 21 heavy (non-hydrogen) atoms. The van der Waals surface area contributed by atoms with Crippen molar-refractivity contribution in [3.8, 4) is 5.75 Å². The van der Waals surface area contributed by atoms with Crippen molar-refractivity contribution in [1.29, 1.82) is 0 Å². The van der Waals surface area contributed by atoms with Gasteiger partial charge in [0.15, 0.2) is 5.78 Å². The molecule has 0 radical (unpaired) electrons. The SMILES string of the molecule is COc1ccc(C(=O)CNc2c(Cl)cccc2Cl)cc1Cl. The maximum absolute atomic E-state index is 12.1. The summed E-state index contributed by atoms with van der Waals surface area (Å²) >= 11 is 18.1. The number of anilines is 1. The van der Waals surface area contributed by atoms with Crippen molar-refractivity contribution in [2.45, 2.75) is 0 Å². The molecule has 0 heterocycles. The molecule has 1 N–H and O–H groups in total. The Hall–Kier alpha value is -1.42. The van der Waals surface area contributed by atoms with E-state index in [4.69, 9.17) is 39.5 Å². The highest BCUT2D eigenvalue weighted by Gasteiger charge is 2.11. The van der Waals surface area contributed by atoms with Crippen LogP contribution in [0, 0.1) is 0 Å². The van der Waals surface area contributed by atoms with Crippen LogP contribution in [0.3, 0.4) is 0 Å². The summed E-state index contributed by atoms with van der Waals surface area (Å²) in [5.41, 5.74) is 1.02. The van der Waals surface area contributed by atoms with E-state index in [0.29, 0.717) is 32.1 Å². The van der Waals surface area contributed by atoms with Crippen LogP contribution < -0.4 is 10.1 Å². The lowest BCUT2D eigenvalue weighted by atomic mass is 10.1. The number of ether oxygens (including phenoxy) is 1. The molecule has 6 heteroatoms. The van der Waals surface area contributed by atoms with E-state index in [9.17, 15) is 4.79 Å². The van der Waals surface area contributed by atoms with Crippen LogP contribution in [0.5, 0.6) is 5.75 Å². The Kier molecular flexibility index (Phi) is 5.34. The number of para-hydroxylation sites is 1. The van der Waals surface area contributed by atoms with Crippen LogP contribution in [0.1, 0.15) is 10.4 Å².